The zero-order chi connectivity index (χ0) is 11.1. The van der Waals surface area contributed by atoms with Crippen LogP contribution >= 0.6 is 0 Å². The molecule has 2 rings (SSSR count). The Morgan fingerprint density at radius 1 is 1.53 bits per heavy atom. The van der Waals surface area contributed by atoms with Crippen LogP contribution in [0, 0.1) is 0 Å². The number of nitrogens with zero attached hydrogens (tertiary/aromatic N) is 1. The first-order valence-corrected chi connectivity index (χ1v) is 5.16. The Labute approximate surface area is 88.6 Å². The molecular formula is C11H15NO3. The van der Waals surface area contributed by atoms with Crippen molar-refractivity contribution < 1.29 is 14.1 Å². The maximum Gasteiger partial charge on any atom is 0.361 e. The van der Waals surface area contributed by atoms with Crippen molar-refractivity contribution in [3.63, 3.8) is 0 Å². The Morgan fingerprint density at radius 2 is 2.20 bits per heavy atom. The van der Waals surface area contributed by atoms with Crippen LogP contribution in [0.15, 0.2) is 10.6 Å². The first kappa shape index (κ1) is 10.2. The maximum atomic E-state index is 11.6. The van der Waals surface area contributed by atoms with Crippen LogP contribution in [0.2, 0.25) is 0 Å². The number of esters is 1. The summed E-state index contributed by atoms with van der Waals surface area (Å²) in [5.74, 6) is 0.850. The van der Waals surface area contributed by atoms with E-state index in [0.29, 0.717) is 5.92 Å². The first-order valence-electron chi connectivity index (χ1n) is 5.16. The number of carbonyl (C=O) groups is 1. The van der Waals surface area contributed by atoms with E-state index in [1.807, 2.05) is 20.8 Å². The largest absolute Gasteiger partial charge is 0.455 e. The molecule has 1 aliphatic rings. The summed E-state index contributed by atoms with van der Waals surface area (Å²) in [7, 11) is 0. The van der Waals surface area contributed by atoms with Crippen LogP contribution in [-0.2, 0) is 4.74 Å². The summed E-state index contributed by atoms with van der Waals surface area (Å²) in [6.45, 7) is 5.48. The van der Waals surface area contributed by atoms with Crippen molar-refractivity contribution >= 4 is 5.97 Å². The monoisotopic (exact) mass is 209 g/mol. The van der Waals surface area contributed by atoms with Gasteiger partial charge < -0.3 is 9.26 Å². The van der Waals surface area contributed by atoms with Gasteiger partial charge >= 0.3 is 5.97 Å². The average Bonchev–Trinajstić information content (AvgIpc) is 2.81. The van der Waals surface area contributed by atoms with Crippen LogP contribution in [0.5, 0.6) is 0 Å². The van der Waals surface area contributed by atoms with Crippen LogP contribution in [0.1, 0.15) is 55.8 Å². The van der Waals surface area contributed by atoms with Gasteiger partial charge in [-0.25, -0.2) is 4.79 Å². The van der Waals surface area contributed by atoms with Gasteiger partial charge in [0.15, 0.2) is 5.69 Å². The predicted molar refractivity (Wildman–Crippen MR) is 53.6 cm³/mol. The number of ether oxygens (including phenoxy) is 1. The molecule has 1 saturated carbocycles. The molecule has 15 heavy (non-hydrogen) atoms. The summed E-state index contributed by atoms with van der Waals surface area (Å²) in [5.41, 5.74) is -0.220. The van der Waals surface area contributed by atoms with Crippen molar-refractivity contribution in [2.45, 2.75) is 45.1 Å². The molecule has 0 unspecified atom stereocenters. The molecule has 0 amide bonds. The van der Waals surface area contributed by atoms with E-state index in [0.717, 1.165) is 18.6 Å². The number of hydrogen-bond acceptors (Lipinski definition) is 4. The fraction of sp³-hybridized carbons (Fsp3) is 0.636. The zero-order valence-electron chi connectivity index (χ0n) is 9.24. The Balaban J connectivity index is 2.05. The molecule has 1 aromatic heterocycles. The second kappa shape index (κ2) is 3.36. The highest BCUT2D eigenvalue weighted by Gasteiger charge is 2.29. The molecule has 0 radical (unpaired) electrons. The van der Waals surface area contributed by atoms with Gasteiger partial charge in [-0.1, -0.05) is 5.16 Å². The topological polar surface area (TPSA) is 52.3 Å². The molecule has 1 heterocycles. The third-order valence-corrected chi connectivity index (χ3v) is 2.12. The minimum atomic E-state index is -0.490. The van der Waals surface area contributed by atoms with Crippen molar-refractivity contribution in [1.82, 2.24) is 5.16 Å². The highest BCUT2D eigenvalue weighted by molar-refractivity contribution is 5.87. The summed E-state index contributed by atoms with van der Waals surface area (Å²) >= 11 is 0. The molecule has 0 bridgehead atoms. The molecule has 0 aliphatic heterocycles. The fourth-order valence-corrected chi connectivity index (χ4v) is 1.28. The molecule has 0 N–H and O–H groups in total. The SMILES string of the molecule is CC(C)(C)OC(=O)c1cc(C2CC2)on1. The Kier molecular flexibility index (Phi) is 2.29. The molecule has 0 atom stereocenters. The summed E-state index contributed by atoms with van der Waals surface area (Å²) in [6.07, 6.45) is 2.26. The van der Waals surface area contributed by atoms with Gasteiger partial charge in [-0.2, -0.15) is 0 Å². The van der Waals surface area contributed by atoms with E-state index in [1.54, 1.807) is 6.07 Å². The average molecular weight is 209 g/mol. The van der Waals surface area contributed by atoms with E-state index >= 15 is 0 Å². The Hall–Kier alpha value is -1.32. The number of carbonyl (C=O) groups excluding carboxylic acids is 1. The molecule has 1 aliphatic carbocycles. The minimum Gasteiger partial charge on any atom is -0.455 e. The van der Waals surface area contributed by atoms with Crippen LogP contribution in [-0.4, -0.2) is 16.7 Å². The lowest BCUT2D eigenvalue weighted by Crippen LogP contribution is -2.24. The standard InChI is InChI=1S/C11H15NO3/c1-11(2,3)14-10(13)8-6-9(15-12-8)7-4-5-7/h6-7H,4-5H2,1-3H3. The van der Waals surface area contributed by atoms with E-state index in [-0.39, 0.29) is 5.69 Å². The van der Waals surface area contributed by atoms with Crippen LogP contribution < -0.4 is 0 Å². The van der Waals surface area contributed by atoms with Gasteiger partial charge in [0.2, 0.25) is 0 Å². The van der Waals surface area contributed by atoms with Gasteiger partial charge in [-0.05, 0) is 33.6 Å². The second-order valence-electron chi connectivity index (χ2n) is 4.89. The van der Waals surface area contributed by atoms with Gasteiger partial charge in [0.1, 0.15) is 11.4 Å². The van der Waals surface area contributed by atoms with Crippen LogP contribution in [0.4, 0.5) is 0 Å². The lowest BCUT2D eigenvalue weighted by atomic mass is 10.2. The van der Waals surface area contributed by atoms with Crippen molar-refractivity contribution in [3.05, 3.63) is 17.5 Å². The molecule has 0 aromatic carbocycles. The summed E-state index contributed by atoms with van der Waals surface area (Å²) in [6, 6.07) is 1.69. The quantitative estimate of drug-likeness (QED) is 0.702. The third-order valence-electron chi connectivity index (χ3n) is 2.12. The maximum absolute atomic E-state index is 11.6. The Bertz CT molecular complexity index is 371. The summed E-state index contributed by atoms with van der Waals surface area (Å²) in [5, 5.41) is 3.71. The zero-order valence-corrected chi connectivity index (χ0v) is 9.24. The lowest BCUT2D eigenvalue weighted by Gasteiger charge is -2.18. The second-order valence-corrected chi connectivity index (χ2v) is 4.89. The van der Waals surface area contributed by atoms with Crippen molar-refractivity contribution in [2.75, 3.05) is 0 Å². The molecule has 4 nitrogen and oxygen atoms in total. The molecule has 82 valence electrons. The van der Waals surface area contributed by atoms with E-state index < -0.39 is 11.6 Å². The molecular weight excluding hydrogens is 194 g/mol. The van der Waals surface area contributed by atoms with E-state index in [9.17, 15) is 4.79 Å². The van der Waals surface area contributed by atoms with Crippen molar-refractivity contribution in [3.8, 4) is 0 Å². The van der Waals surface area contributed by atoms with Crippen molar-refractivity contribution in [1.29, 1.82) is 0 Å². The van der Waals surface area contributed by atoms with E-state index in [1.165, 1.54) is 0 Å². The van der Waals surface area contributed by atoms with Crippen LogP contribution in [0.3, 0.4) is 0 Å². The van der Waals surface area contributed by atoms with E-state index in [4.69, 9.17) is 9.26 Å². The lowest BCUT2D eigenvalue weighted by molar-refractivity contribution is 0.00588. The molecule has 1 fully saturated rings. The smallest absolute Gasteiger partial charge is 0.361 e. The molecule has 1 aromatic rings. The van der Waals surface area contributed by atoms with Gasteiger partial charge in [0, 0.05) is 12.0 Å². The molecule has 0 spiro atoms. The summed E-state index contributed by atoms with van der Waals surface area (Å²) < 4.78 is 10.2. The van der Waals surface area contributed by atoms with Gasteiger partial charge in [-0.15, -0.1) is 0 Å². The Morgan fingerprint density at radius 3 is 2.73 bits per heavy atom. The van der Waals surface area contributed by atoms with Gasteiger partial charge in [-0.3, -0.25) is 0 Å². The highest BCUT2D eigenvalue weighted by Crippen LogP contribution is 2.40. The predicted octanol–water partition coefficient (Wildman–Crippen LogP) is 2.51. The molecule has 0 saturated heterocycles. The highest BCUT2D eigenvalue weighted by atomic mass is 16.6. The fourth-order valence-electron chi connectivity index (χ4n) is 1.28. The van der Waals surface area contributed by atoms with Gasteiger partial charge in [0.05, 0.1) is 0 Å². The number of rotatable bonds is 2. The normalized spacial score (nSPS) is 16.5. The number of aromatic nitrogens is 1. The van der Waals surface area contributed by atoms with Crippen LogP contribution in [0.25, 0.3) is 0 Å². The van der Waals surface area contributed by atoms with Gasteiger partial charge in [0.25, 0.3) is 0 Å². The van der Waals surface area contributed by atoms with E-state index in [2.05, 4.69) is 5.16 Å². The first-order chi connectivity index (χ1) is 6.96. The van der Waals surface area contributed by atoms with Crippen molar-refractivity contribution in [2.24, 2.45) is 0 Å². The molecule has 4 heteroatoms. The number of hydrogen-bond donors (Lipinski definition) is 0. The summed E-state index contributed by atoms with van der Waals surface area (Å²) in [4.78, 5) is 11.6. The minimum absolute atomic E-state index is 0.270. The third kappa shape index (κ3) is 2.58.